The van der Waals surface area contributed by atoms with Gasteiger partial charge in [0.05, 0.1) is 0 Å². The molecule has 0 radical (unpaired) electrons. The zero-order valence-corrected chi connectivity index (χ0v) is 17.9. The highest BCUT2D eigenvalue weighted by molar-refractivity contribution is 5.85. The van der Waals surface area contributed by atoms with Crippen molar-refractivity contribution < 1.29 is 0 Å². The highest BCUT2D eigenvalue weighted by atomic mass is 15.2. The van der Waals surface area contributed by atoms with E-state index < -0.39 is 0 Å². The quantitative estimate of drug-likeness (QED) is 0.439. The van der Waals surface area contributed by atoms with E-state index in [-0.39, 0.29) is 6.04 Å². The lowest BCUT2D eigenvalue weighted by Crippen LogP contribution is -2.09. The van der Waals surface area contributed by atoms with E-state index in [9.17, 15) is 0 Å². The van der Waals surface area contributed by atoms with Gasteiger partial charge < -0.3 is 15.3 Å². The largest absolute Gasteiger partial charge is 0.382 e. The minimum absolute atomic E-state index is 0.195. The Kier molecular flexibility index (Phi) is 4.66. The highest BCUT2D eigenvalue weighted by Crippen LogP contribution is 2.28. The van der Waals surface area contributed by atoms with E-state index in [4.69, 9.17) is 15.7 Å². The topological polar surface area (TPSA) is 98.3 Å². The summed E-state index contributed by atoms with van der Waals surface area (Å²) >= 11 is 0. The average molecular weight is 412 g/mol. The first kappa shape index (κ1) is 19.2. The summed E-state index contributed by atoms with van der Waals surface area (Å²) in [5.41, 5.74) is 12.1. The van der Waals surface area contributed by atoms with Gasteiger partial charge in [-0.3, -0.25) is 4.98 Å². The fourth-order valence-corrected chi connectivity index (χ4v) is 4.15. The number of benzene rings is 1. The Morgan fingerprint density at radius 2 is 1.90 bits per heavy atom. The van der Waals surface area contributed by atoms with Crippen molar-refractivity contribution in [2.45, 2.75) is 39.7 Å². The van der Waals surface area contributed by atoms with Gasteiger partial charge in [0.25, 0.3) is 0 Å². The summed E-state index contributed by atoms with van der Waals surface area (Å²) in [5, 5.41) is 1.25. The van der Waals surface area contributed by atoms with Gasteiger partial charge in [-0.2, -0.15) is 0 Å². The van der Waals surface area contributed by atoms with Crippen LogP contribution in [0.3, 0.4) is 0 Å². The number of aryl methyl sites for hydroxylation is 3. The monoisotopic (exact) mass is 411 g/mol. The number of imidazole rings is 1. The summed E-state index contributed by atoms with van der Waals surface area (Å²) < 4.78 is 2.18. The molecule has 4 aromatic heterocycles. The molecule has 3 N–H and O–H groups in total. The number of aromatic nitrogens is 6. The van der Waals surface area contributed by atoms with Crippen LogP contribution in [0, 0.1) is 6.92 Å². The zero-order valence-electron chi connectivity index (χ0n) is 17.9. The van der Waals surface area contributed by atoms with E-state index in [1.54, 1.807) is 6.20 Å². The molecule has 0 atom stereocenters. The van der Waals surface area contributed by atoms with Gasteiger partial charge in [-0.1, -0.05) is 18.2 Å². The van der Waals surface area contributed by atoms with E-state index in [0.29, 0.717) is 17.2 Å². The molecule has 0 aliphatic heterocycles. The molecule has 31 heavy (non-hydrogen) atoms. The molecule has 7 heteroatoms. The standard InChI is InChI=1S/C24H25N7/c1-14(2)31-20(9-8-16-13-27-19-7-5-4-6-18(16)19)28-21-22(25)29-23(30-24(21)31)17-10-15(3)11-26-12-17/h4-7,10-14,27H,8-9H2,1-3H3,(H2,25,29,30). The van der Waals surface area contributed by atoms with E-state index in [2.05, 4.69) is 57.8 Å². The maximum atomic E-state index is 6.33. The third-order valence-corrected chi connectivity index (χ3v) is 5.58. The smallest absolute Gasteiger partial charge is 0.166 e. The summed E-state index contributed by atoms with van der Waals surface area (Å²) in [4.78, 5) is 21.8. The SMILES string of the molecule is Cc1cncc(-c2nc(N)c3nc(CCc4c[nH]c5ccccc45)n(C(C)C)c3n2)c1. The van der Waals surface area contributed by atoms with Crippen molar-refractivity contribution in [2.75, 3.05) is 5.73 Å². The van der Waals surface area contributed by atoms with Crippen LogP contribution in [0.15, 0.2) is 48.9 Å². The van der Waals surface area contributed by atoms with Gasteiger partial charge >= 0.3 is 0 Å². The van der Waals surface area contributed by atoms with Crippen molar-refractivity contribution in [3.8, 4) is 11.4 Å². The van der Waals surface area contributed by atoms with Gasteiger partial charge in [-0.05, 0) is 50.5 Å². The number of H-pyrrole nitrogens is 1. The average Bonchev–Trinajstić information content (AvgIpc) is 3.33. The Hall–Kier alpha value is -3.74. The van der Waals surface area contributed by atoms with Crippen LogP contribution < -0.4 is 5.73 Å². The fourth-order valence-electron chi connectivity index (χ4n) is 4.15. The summed E-state index contributed by atoms with van der Waals surface area (Å²) in [6, 6.07) is 10.6. The summed E-state index contributed by atoms with van der Waals surface area (Å²) in [7, 11) is 0. The summed E-state index contributed by atoms with van der Waals surface area (Å²) in [6.45, 7) is 6.28. The lowest BCUT2D eigenvalue weighted by molar-refractivity contribution is 0.578. The number of hydrogen-bond donors (Lipinski definition) is 2. The number of pyridine rings is 1. The van der Waals surface area contributed by atoms with E-state index in [0.717, 1.165) is 41.0 Å². The Balaban J connectivity index is 1.57. The second-order valence-corrected chi connectivity index (χ2v) is 8.21. The number of para-hydroxylation sites is 1. The molecule has 0 amide bonds. The van der Waals surface area contributed by atoms with E-state index >= 15 is 0 Å². The number of rotatable bonds is 5. The molecule has 0 bridgehead atoms. The molecule has 1 aromatic carbocycles. The first-order valence-corrected chi connectivity index (χ1v) is 10.5. The van der Waals surface area contributed by atoms with Crippen molar-refractivity contribution in [2.24, 2.45) is 0 Å². The Bertz CT molecular complexity index is 1390. The van der Waals surface area contributed by atoms with Crippen molar-refractivity contribution >= 4 is 27.9 Å². The number of anilines is 1. The minimum atomic E-state index is 0.195. The molecule has 4 heterocycles. The fraction of sp³-hybridized carbons (Fsp3) is 0.250. The molecule has 7 nitrogen and oxygen atoms in total. The molecule has 156 valence electrons. The number of nitrogens with two attached hydrogens (primary N) is 1. The molecule has 0 fully saturated rings. The highest BCUT2D eigenvalue weighted by Gasteiger charge is 2.19. The Morgan fingerprint density at radius 3 is 2.71 bits per heavy atom. The van der Waals surface area contributed by atoms with Gasteiger partial charge in [-0.25, -0.2) is 15.0 Å². The number of nitrogens with one attached hydrogen (secondary N) is 1. The van der Waals surface area contributed by atoms with Crippen LogP contribution in [0.1, 0.15) is 36.8 Å². The molecular formula is C24H25N7. The summed E-state index contributed by atoms with van der Waals surface area (Å²) in [5.74, 6) is 1.94. The predicted molar refractivity (Wildman–Crippen MR) is 124 cm³/mol. The molecule has 0 saturated heterocycles. The van der Waals surface area contributed by atoms with E-state index in [1.807, 2.05) is 25.3 Å². The lowest BCUT2D eigenvalue weighted by Gasteiger charge is -2.13. The number of nitrogens with zero attached hydrogens (tertiary/aromatic N) is 5. The number of fused-ring (bicyclic) bond motifs is 2. The molecule has 0 aliphatic carbocycles. The molecule has 5 rings (SSSR count). The minimum Gasteiger partial charge on any atom is -0.382 e. The van der Waals surface area contributed by atoms with Crippen LogP contribution in [0.5, 0.6) is 0 Å². The van der Waals surface area contributed by atoms with Gasteiger partial charge in [0.2, 0.25) is 0 Å². The van der Waals surface area contributed by atoms with Crippen LogP contribution in [-0.4, -0.2) is 29.5 Å². The second-order valence-electron chi connectivity index (χ2n) is 8.21. The maximum Gasteiger partial charge on any atom is 0.166 e. The van der Waals surface area contributed by atoms with Gasteiger partial charge in [0.15, 0.2) is 22.8 Å². The molecule has 0 spiro atoms. The Labute approximate surface area is 180 Å². The number of nitrogen functional groups attached to an aromatic ring is 1. The molecular weight excluding hydrogens is 386 g/mol. The number of aromatic amines is 1. The third-order valence-electron chi connectivity index (χ3n) is 5.58. The van der Waals surface area contributed by atoms with Crippen molar-refractivity contribution in [3.63, 3.8) is 0 Å². The van der Waals surface area contributed by atoms with Crippen molar-refractivity contribution in [1.29, 1.82) is 0 Å². The van der Waals surface area contributed by atoms with Crippen LogP contribution in [0.4, 0.5) is 5.82 Å². The first-order valence-electron chi connectivity index (χ1n) is 10.5. The van der Waals surface area contributed by atoms with Crippen molar-refractivity contribution in [3.05, 3.63) is 65.9 Å². The van der Waals surface area contributed by atoms with Crippen LogP contribution in [-0.2, 0) is 12.8 Å². The maximum absolute atomic E-state index is 6.33. The second kappa shape index (κ2) is 7.50. The van der Waals surface area contributed by atoms with Gasteiger partial charge in [-0.15, -0.1) is 0 Å². The Morgan fingerprint density at radius 1 is 1.06 bits per heavy atom. The summed E-state index contributed by atoms with van der Waals surface area (Å²) in [6.07, 6.45) is 7.33. The molecule has 5 aromatic rings. The van der Waals surface area contributed by atoms with Crippen molar-refractivity contribution in [1.82, 2.24) is 29.5 Å². The number of hydrogen-bond acceptors (Lipinski definition) is 5. The normalized spacial score (nSPS) is 11.7. The van der Waals surface area contributed by atoms with Gasteiger partial charge in [0.1, 0.15) is 5.82 Å². The van der Waals surface area contributed by atoms with Crippen LogP contribution in [0.2, 0.25) is 0 Å². The molecule has 0 aliphatic rings. The van der Waals surface area contributed by atoms with Crippen LogP contribution in [0.25, 0.3) is 33.5 Å². The zero-order chi connectivity index (χ0) is 21.5. The predicted octanol–water partition coefficient (Wildman–Crippen LogP) is 4.63. The molecule has 0 saturated carbocycles. The lowest BCUT2D eigenvalue weighted by atomic mass is 10.1. The van der Waals surface area contributed by atoms with E-state index in [1.165, 1.54) is 10.9 Å². The van der Waals surface area contributed by atoms with Crippen LogP contribution >= 0.6 is 0 Å². The first-order chi connectivity index (χ1) is 15.0. The third kappa shape index (κ3) is 3.42. The molecule has 0 unspecified atom stereocenters. The van der Waals surface area contributed by atoms with Gasteiger partial charge in [0, 0.05) is 47.5 Å².